The molecule has 1 N–H and O–H groups in total. The van der Waals surface area contributed by atoms with Crippen molar-refractivity contribution in [1.82, 2.24) is 5.43 Å². The van der Waals surface area contributed by atoms with Crippen molar-refractivity contribution >= 4 is 41.3 Å². The molecule has 3 aromatic carbocycles. The maximum absolute atomic E-state index is 12.1. The smallest absolute Gasteiger partial charge is 0.343 e. The molecular formula is C23H18Cl2N2O4. The van der Waals surface area contributed by atoms with Gasteiger partial charge in [0.1, 0.15) is 11.5 Å². The molecule has 0 aliphatic rings. The van der Waals surface area contributed by atoms with Gasteiger partial charge < -0.3 is 9.47 Å². The molecule has 31 heavy (non-hydrogen) atoms. The number of nitrogens with zero attached hydrogens (tertiary/aromatic N) is 1. The molecule has 0 radical (unpaired) electrons. The van der Waals surface area contributed by atoms with Crippen LogP contribution in [-0.2, 0) is 4.79 Å². The summed E-state index contributed by atoms with van der Waals surface area (Å²) in [5, 5.41) is 4.66. The number of ether oxygens (including phenoxy) is 2. The number of carbonyl (C=O) groups is 2. The van der Waals surface area contributed by atoms with E-state index >= 15 is 0 Å². The first kappa shape index (κ1) is 22.3. The Balaban J connectivity index is 1.47. The van der Waals surface area contributed by atoms with Crippen LogP contribution < -0.4 is 14.9 Å². The Hall–Kier alpha value is -3.35. The summed E-state index contributed by atoms with van der Waals surface area (Å²) in [6, 6.07) is 18.5. The monoisotopic (exact) mass is 456 g/mol. The topological polar surface area (TPSA) is 77.0 Å². The largest absolute Gasteiger partial charge is 0.482 e. The average molecular weight is 457 g/mol. The van der Waals surface area contributed by atoms with Crippen LogP contribution >= 0.6 is 23.2 Å². The molecule has 0 spiro atoms. The second-order valence-corrected chi connectivity index (χ2v) is 7.32. The van der Waals surface area contributed by atoms with Crippen molar-refractivity contribution in [1.29, 1.82) is 0 Å². The van der Waals surface area contributed by atoms with Gasteiger partial charge in [0.05, 0.1) is 16.8 Å². The highest BCUT2D eigenvalue weighted by atomic mass is 35.5. The van der Waals surface area contributed by atoms with Crippen molar-refractivity contribution in [2.45, 2.75) is 6.92 Å². The lowest BCUT2D eigenvalue weighted by molar-refractivity contribution is -0.123. The molecule has 158 valence electrons. The molecule has 0 saturated heterocycles. The molecule has 6 nitrogen and oxygen atoms in total. The highest BCUT2D eigenvalue weighted by molar-refractivity contribution is 6.35. The second kappa shape index (κ2) is 10.6. The lowest BCUT2D eigenvalue weighted by atomic mass is 10.1. The molecular weight excluding hydrogens is 439 g/mol. The lowest BCUT2D eigenvalue weighted by Crippen LogP contribution is -2.24. The van der Waals surface area contributed by atoms with Crippen LogP contribution in [0.15, 0.2) is 71.8 Å². The standard InChI is InChI=1S/C23H18Cl2N2O4/c1-15-2-6-17(7-3-15)23(29)31-19-9-4-16(5-10-19)13-26-27-22(28)14-30-21-11-8-18(24)12-20(21)25/h2-13H,14H2,1H3,(H,27,28). The van der Waals surface area contributed by atoms with Gasteiger partial charge in [-0.25, -0.2) is 10.2 Å². The summed E-state index contributed by atoms with van der Waals surface area (Å²) < 4.78 is 10.7. The van der Waals surface area contributed by atoms with Crippen LogP contribution in [0.3, 0.4) is 0 Å². The van der Waals surface area contributed by atoms with E-state index in [4.69, 9.17) is 32.7 Å². The number of esters is 1. The summed E-state index contributed by atoms with van der Waals surface area (Å²) in [7, 11) is 0. The van der Waals surface area contributed by atoms with Gasteiger partial charge in [0, 0.05) is 5.02 Å². The van der Waals surface area contributed by atoms with Crippen molar-refractivity contribution in [2.24, 2.45) is 5.10 Å². The minimum atomic E-state index is -0.453. The van der Waals surface area contributed by atoms with Crippen LogP contribution in [0.5, 0.6) is 11.5 Å². The highest BCUT2D eigenvalue weighted by Gasteiger charge is 2.08. The molecule has 1 amide bonds. The highest BCUT2D eigenvalue weighted by Crippen LogP contribution is 2.27. The summed E-state index contributed by atoms with van der Waals surface area (Å²) in [5.41, 5.74) is 4.60. The Kier molecular flexibility index (Phi) is 7.65. The summed E-state index contributed by atoms with van der Waals surface area (Å²) in [4.78, 5) is 24.0. The molecule has 0 aliphatic heterocycles. The minimum Gasteiger partial charge on any atom is -0.482 e. The number of benzene rings is 3. The van der Waals surface area contributed by atoms with E-state index in [2.05, 4.69) is 10.5 Å². The van der Waals surface area contributed by atoms with E-state index in [1.54, 1.807) is 48.5 Å². The first-order chi connectivity index (χ1) is 14.9. The number of aryl methyl sites for hydroxylation is 1. The van der Waals surface area contributed by atoms with Crippen LogP contribution in [-0.4, -0.2) is 24.7 Å². The Morgan fingerprint density at radius 2 is 1.71 bits per heavy atom. The lowest BCUT2D eigenvalue weighted by Gasteiger charge is -2.07. The maximum atomic E-state index is 12.1. The Bertz CT molecular complexity index is 1100. The number of hydrazone groups is 1. The number of amides is 1. The Morgan fingerprint density at radius 1 is 1.00 bits per heavy atom. The van der Waals surface area contributed by atoms with Crippen molar-refractivity contribution in [3.8, 4) is 11.5 Å². The predicted octanol–water partition coefficient (Wildman–Crippen LogP) is 5.05. The van der Waals surface area contributed by atoms with Crippen LogP contribution in [0.4, 0.5) is 0 Å². The van der Waals surface area contributed by atoms with Gasteiger partial charge in [0.15, 0.2) is 6.61 Å². The van der Waals surface area contributed by atoms with Crippen LogP contribution in [0.25, 0.3) is 0 Å². The zero-order valence-corrected chi connectivity index (χ0v) is 18.0. The summed E-state index contributed by atoms with van der Waals surface area (Å²) in [6.07, 6.45) is 1.46. The van der Waals surface area contributed by atoms with Crippen LogP contribution in [0.1, 0.15) is 21.5 Å². The van der Waals surface area contributed by atoms with Gasteiger partial charge in [0.2, 0.25) is 0 Å². The number of carbonyl (C=O) groups excluding carboxylic acids is 2. The van der Waals surface area contributed by atoms with Crippen molar-refractivity contribution < 1.29 is 19.1 Å². The molecule has 3 rings (SSSR count). The quantitative estimate of drug-likeness (QED) is 0.233. The molecule has 0 bridgehead atoms. The SMILES string of the molecule is Cc1ccc(C(=O)Oc2ccc(C=NNC(=O)COc3ccc(Cl)cc3Cl)cc2)cc1. The number of hydrogen-bond acceptors (Lipinski definition) is 5. The first-order valence-corrected chi connectivity index (χ1v) is 9.95. The van der Waals surface area contributed by atoms with Crippen molar-refractivity contribution in [3.05, 3.63) is 93.5 Å². The maximum Gasteiger partial charge on any atom is 0.343 e. The van der Waals surface area contributed by atoms with Crippen LogP contribution in [0, 0.1) is 6.92 Å². The fraction of sp³-hybridized carbons (Fsp3) is 0.0870. The van der Waals surface area contributed by atoms with E-state index in [9.17, 15) is 9.59 Å². The number of hydrogen-bond donors (Lipinski definition) is 1. The van der Waals surface area contributed by atoms with Crippen molar-refractivity contribution in [2.75, 3.05) is 6.61 Å². The number of halogens is 2. The third-order valence-electron chi connectivity index (χ3n) is 4.03. The summed E-state index contributed by atoms with van der Waals surface area (Å²) >= 11 is 11.8. The normalized spacial score (nSPS) is 10.7. The molecule has 0 atom stereocenters. The number of rotatable bonds is 7. The van der Waals surface area contributed by atoms with Gasteiger partial charge in [-0.05, 0) is 67.1 Å². The molecule has 0 saturated carbocycles. The molecule has 0 heterocycles. The third kappa shape index (κ3) is 6.84. The van der Waals surface area contributed by atoms with Gasteiger partial charge in [-0.15, -0.1) is 0 Å². The van der Waals surface area contributed by atoms with Crippen molar-refractivity contribution in [3.63, 3.8) is 0 Å². The van der Waals surface area contributed by atoms with E-state index in [1.165, 1.54) is 12.3 Å². The van der Waals surface area contributed by atoms with Gasteiger partial charge in [-0.1, -0.05) is 40.9 Å². The fourth-order valence-corrected chi connectivity index (χ4v) is 2.89. The zero-order chi connectivity index (χ0) is 22.2. The van der Waals surface area contributed by atoms with Gasteiger partial charge in [-0.2, -0.15) is 5.10 Å². The predicted molar refractivity (Wildman–Crippen MR) is 120 cm³/mol. The zero-order valence-electron chi connectivity index (χ0n) is 16.5. The van der Waals surface area contributed by atoms with E-state index < -0.39 is 11.9 Å². The van der Waals surface area contributed by atoms with E-state index in [0.717, 1.165) is 5.56 Å². The van der Waals surface area contributed by atoms with E-state index in [-0.39, 0.29) is 6.61 Å². The molecule has 0 aliphatic carbocycles. The summed E-state index contributed by atoms with van der Waals surface area (Å²) in [5.74, 6) is -0.138. The fourth-order valence-electron chi connectivity index (χ4n) is 2.42. The Morgan fingerprint density at radius 3 is 2.39 bits per heavy atom. The van der Waals surface area contributed by atoms with Gasteiger partial charge in [-0.3, -0.25) is 4.79 Å². The number of nitrogens with one attached hydrogen (secondary N) is 1. The summed E-state index contributed by atoms with van der Waals surface area (Å²) in [6.45, 7) is 1.69. The third-order valence-corrected chi connectivity index (χ3v) is 4.56. The average Bonchev–Trinajstić information content (AvgIpc) is 2.75. The molecule has 0 fully saturated rings. The van der Waals surface area contributed by atoms with Gasteiger partial charge in [0.25, 0.3) is 5.91 Å². The molecule has 3 aromatic rings. The Labute approximate surface area is 189 Å². The first-order valence-electron chi connectivity index (χ1n) is 9.19. The van der Waals surface area contributed by atoms with Crippen LogP contribution in [0.2, 0.25) is 10.0 Å². The van der Waals surface area contributed by atoms with Gasteiger partial charge >= 0.3 is 5.97 Å². The van der Waals surface area contributed by atoms with E-state index in [0.29, 0.717) is 32.7 Å². The molecule has 0 aromatic heterocycles. The van der Waals surface area contributed by atoms with E-state index in [1.807, 2.05) is 19.1 Å². The minimum absolute atomic E-state index is 0.257. The second-order valence-electron chi connectivity index (χ2n) is 6.48. The molecule has 0 unspecified atom stereocenters. The molecule has 8 heteroatoms.